The van der Waals surface area contributed by atoms with Gasteiger partial charge in [0.2, 0.25) is 0 Å². The summed E-state index contributed by atoms with van der Waals surface area (Å²) in [5.74, 6) is -0.301. The monoisotopic (exact) mass is 279 g/mol. The lowest BCUT2D eigenvalue weighted by Crippen LogP contribution is -1.98. The molecule has 1 heterocycles. The molecule has 1 aromatic heterocycles. The molecule has 2 aromatic rings. The number of aromatic carboxylic acids is 1. The number of hydrogen-bond donors (Lipinski definition) is 1. The van der Waals surface area contributed by atoms with Gasteiger partial charge in [-0.3, -0.25) is 4.98 Å². The molecule has 0 bridgehead atoms. The maximum atomic E-state index is 11.1. The Balaban J connectivity index is 2.16. The molecule has 1 N–H and O–H groups in total. The van der Waals surface area contributed by atoms with E-state index in [-0.39, 0.29) is 0 Å². The van der Waals surface area contributed by atoms with E-state index in [0.717, 1.165) is 10.5 Å². The Kier molecular flexibility index (Phi) is 4.23. The highest BCUT2D eigenvalue weighted by Gasteiger charge is 2.10. The molecule has 18 heavy (non-hydrogen) atoms. The normalized spacial score (nSPS) is 10.3. The lowest BCUT2D eigenvalue weighted by Gasteiger charge is -2.06. The van der Waals surface area contributed by atoms with Crippen LogP contribution in [-0.4, -0.2) is 16.1 Å². The number of thioether (sulfide) groups is 1. The molecule has 5 heteroatoms. The number of rotatable bonds is 4. The van der Waals surface area contributed by atoms with Gasteiger partial charge in [-0.15, -0.1) is 11.8 Å². The van der Waals surface area contributed by atoms with Crippen molar-refractivity contribution in [2.45, 2.75) is 10.6 Å². The first kappa shape index (κ1) is 12.9. The fourth-order valence-electron chi connectivity index (χ4n) is 1.45. The highest BCUT2D eigenvalue weighted by Crippen LogP contribution is 2.28. The number of nitrogens with zero attached hydrogens (tertiary/aromatic N) is 1. The van der Waals surface area contributed by atoms with Crippen molar-refractivity contribution in [1.29, 1.82) is 0 Å². The average molecular weight is 280 g/mol. The fraction of sp³-hybridized carbons (Fsp3) is 0.0769. The van der Waals surface area contributed by atoms with Gasteiger partial charge < -0.3 is 5.11 Å². The van der Waals surface area contributed by atoms with Gasteiger partial charge in [-0.05, 0) is 23.8 Å². The Morgan fingerprint density at radius 2 is 2.11 bits per heavy atom. The molecular weight excluding hydrogens is 270 g/mol. The van der Waals surface area contributed by atoms with E-state index in [9.17, 15) is 4.79 Å². The van der Waals surface area contributed by atoms with Crippen molar-refractivity contribution < 1.29 is 9.90 Å². The van der Waals surface area contributed by atoms with Crippen LogP contribution in [0.3, 0.4) is 0 Å². The molecule has 92 valence electrons. The molecular formula is C13H10ClNO2S. The van der Waals surface area contributed by atoms with Gasteiger partial charge in [-0.2, -0.15) is 0 Å². The smallest absolute Gasteiger partial charge is 0.336 e. The quantitative estimate of drug-likeness (QED) is 0.867. The van der Waals surface area contributed by atoms with Crippen LogP contribution in [0.5, 0.6) is 0 Å². The van der Waals surface area contributed by atoms with Crippen molar-refractivity contribution in [1.82, 2.24) is 4.98 Å². The topological polar surface area (TPSA) is 50.2 Å². The number of carboxylic acids is 1. The van der Waals surface area contributed by atoms with Crippen molar-refractivity contribution >= 4 is 29.3 Å². The van der Waals surface area contributed by atoms with Crippen LogP contribution >= 0.6 is 23.4 Å². The van der Waals surface area contributed by atoms with Crippen molar-refractivity contribution in [2.75, 3.05) is 0 Å². The van der Waals surface area contributed by atoms with Crippen LogP contribution in [-0.2, 0) is 5.75 Å². The predicted octanol–water partition coefficient (Wildman–Crippen LogP) is 3.73. The van der Waals surface area contributed by atoms with Crippen LogP contribution in [0, 0.1) is 0 Å². The zero-order valence-electron chi connectivity index (χ0n) is 9.34. The van der Waals surface area contributed by atoms with Gasteiger partial charge in [0, 0.05) is 23.0 Å². The molecule has 0 fully saturated rings. The fourth-order valence-corrected chi connectivity index (χ4v) is 2.76. The van der Waals surface area contributed by atoms with Crippen LogP contribution in [0.15, 0.2) is 47.6 Å². The van der Waals surface area contributed by atoms with E-state index < -0.39 is 5.97 Å². The maximum absolute atomic E-state index is 11.1. The second-order valence-electron chi connectivity index (χ2n) is 3.56. The summed E-state index contributed by atoms with van der Waals surface area (Å²) in [4.78, 5) is 15.7. The lowest BCUT2D eigenvalue weighted by molar-refractivity contribution is 0.0693. The molecule has 0 radical (unpaired) electrons. The van der Waals surface area contributed by atoms with Crippen molar-refractivity contribution in [3.05, 3.63) is 58.9 Å². The van der Waals surface area contributed by atoms with E-state index in [0.29, 0.717) is 16.3 Å². The molecule has 0 aliphatic heterocycles. The molecule has 0 aliphatic rings. The summed E-state index contributed by atoms with van der Waals surface area (Å²) in [5, 5.41) is 9.66. The van der Waals surface area contributed by atoms with E-state index in [2.05, 4.69) is 4.98 Å². The zero-order valence-corrected chi connectivity index (χ0v) is 10.9. The van der Waals surface area contributed by atoms with Gasteiger partial charge in [0.1, 0.15) is 0 Å². The Morgan fingerprint density at radius 1 is 1.33 bits per heavy atom. The maximum Gasteiger partial charge on any atom is 0.336 e. The number of benzene rings is 1. The van der Waals surface area contributed by atoms with E-state index in [1.165, 1.54) is 11.8 Å². The van der Waals surface area contributed by atoms with Crippen molar-refractivity contribution in [3.8, 4) is 0 Å². The third kappa shape index (κ3) is 3.03. The molecule has 2 rings (SSSR count). The number of carbonyl (C=O) groups is 1. The van der Waals surface area contributed by atoms with Gasteiger partial charge in [0.05, 0.1) is 10.6 Å². The zero-order chi connectivity index (χ0) is 13.0. The highest BCUT2D eigenvalue weighted by atomic mass is 35.5. The molecule has 0 saturated carbocycles. The summed E-state index contributed by atoms with van der Waals surface area (Å²) in [7, 11) is 0. The molecule has 0 saturated heterocycles. The van der Waals surface area contributed by atoms with Crippen LogP contribution in [0.4, 0.5) is 0 Å². The number of pyridine rings is 1. The molecule has 3 nitrogen and oxygen atoms in total. The first-order valence-electron chi connectivity index (χ1n) is 5.22. The van der Waals surface area contributed by atoms with Crippen LogP contribution in [0.25, 0.3) is 0 Å². The Bertz CT molecular complexity index is 574. The van der Waals surface area contributed by atoms with Crippen molar-refractivity contribution in [2.24, 2.45) is 0 Å². The highest BCUT2D eigenvalue weighted by molar-refractivity contribution is 7.98. The summed E-state index contributed by atoms with van der Waals surface area (Å²) >= 11 is 7.45. The Labute approximate surface area is 114 Å². The lowest BCUT2D eigenvalue weighted by atomic mass is 10.2. The predicted molar refractivity (Wildman–Crippen MR) is 72.2 cm³/mol. The Morgan fingerprint density at radius 3 is 2.83 bits per heavy atom. The van der Waals surface area contributed by atoms with Crippen LogP contribution in [0.1, 0.15) is 15.9 Å². The molecule has 0 aliphatic carbocycles. The molecule has 0 atom stereocenters. The van der Waals surface area contributed by atoms with E-state index in [1.54, 1.807) is 30.6 Å². The average Bonchev–Trinajstić information content (AvgIpc) is 2.38. The second-order valence-corrected chi connectivity index (χ2v) is 4.98. The summed E-state index contributed by atoms with van der Waals surface area (Å²) in [5.41, 5.74) is 1.25. The number of halogens is 1. The van der Waals surface area contributed by atoms with Gasteiger partial charge in [-0.1, -0.05) is 23.7 Å². The minimum atomic E-state index is -0.918. The van der Waals surface area contributed by atoms with Crippen molar-refractivity contribution in [3.63, 3.8) is 0 Å². The van der Waals surface area contributed by atoms with Crippen LogP contribution < -0.4 is 0 Å². The van der Waals surface area contributed by atoms with Gasteiger partial charge in [0.25, 0.3) is 0 Å². The van der Waals surface area contributed by atoms with E-state index in [1.807, 2.05) is 12.1 Å². The molecule has 0 spiro atoms. The molecule has 1 aromatic carbocycles. The van der Waals surface area contributed by atoms with Gasteiger partial charge in [0.15, 0.2) is 0 Å². The summed E-state index contributed by atoms with van der Waals surface area (Å²) in [6.07, 6.45) is 3.26. The SMILES string of the molecule is O=C(O)c1ccccc1SCc1ccncc1Cl. The first-order valence-corrected chi connectivity index (χ1v) is 6.58. The molecule has 0 amide bonds. The van der Waals surface area contributed by atoms with Crippen LogP contribution in [0.2, 0.25) is 5.02 Å². The summed E-state index contributed by atoms with van der Waals surface area (Å²) in [6, 6.07) is 8.76. The standard InChI is InChI=1S/C13H10ClNO2S/c14-11-7-15-6-5-9(11)8-18-12-4-2-1-3-10(12)13(16)17/h1-7H,8H2,(H,16,17). The third-order valence-corrected chi connectivity index (χ3v) is 3.82. The summed E-state index contributed by atoms with van der Waals surface area (Å²) in [6.45, 7) is 0. The third-order valence-electron chi connectivity index (χ3n) is 2.36. The summed E-state index contributed by atoms with van der Waals surface area (Å²) < 4.78 is 0. The number of hydrogen-bond acceptors (Lipinski definition) is 3. The first-order chi connectivity index (χ1) is 8.68. The van der Waals surface area contributed by atoms with E-state index in [4.69, 9.17) is 16.7 Å². The van der Waals surface area contributed by atoms with E-state index >= 15 is 0 Å². The second kappa shape index (κ2) is 5.89. The molecule has 0 unspecified atom stereocenters. The number of aromatic nitrogens is 1. The Hall–Kier alpha value is -1.52. The van der Waals surface area contributed by atoms with Gasteiger partial charge in [-0.25, -0.2) is 4.79 Å². The number of carboxylic acid groups (broad SMARTS) is 1. The largest absolute Gasteiger partial charge is 0.478 e. The minimum Gasteiger partial charge on any atom is -0.478 e. The minimum absolute atomic E-state index is 0.313. The van der Waals surface area contributed by atoms with Gasteiger partial charge >= 0.3 is 5.97 Å².